The van der Waals surface area contributed by atoms with Crippen molar-refractivity contribution >= 4 is 35.0 Å². The van der Waals surface area contributed by atoms with Crippen LogP contribution in [0.2, 0.25) is 5.02 Å². The van der Waals surface area contributed by atoms with Crippen LogP contribution < -0.4 is 5.32 Å². The average Bonchev–Trinajstić information content (AvgIpc) is 2.21. The summed E-state index contributed by atoms with van der Waals surface area (Å²) in [5.41, 5.74) is 1.01. The van der Waals surface area contributed by atoms with E-state index in [1.807, 2.05) is 12.3 Å². The highest BCUT2D eigenvalue weighted by atomic mass is 35.5. The van der Waals surface area contributed by atoms with Gasteiger partial charge in [-0.3, -0.25) is 4.79 Å². The summed E-state index contributed by atoms with van der Waals surface area (Å²) < 4.78 is 0. The Morgan fingerprint density at radius 3 is 2.93 bits per heavy atom. The van der Waals surface area contributed by atoms with Crippen molar-refractivity contribution in [2.75, 3.05) is 17.3 Å². The molecule has 0 radical (unpaired) electrons. The second kappa shape index (κ2) is 5.64. The van der Waals surface area contributed by atoms with Gasteiger partial charge in [0.25, 0.3) is 0 Å². The fourth-order valence-corrected chi connectivity index (χ4v) is 1.57. The molecule has 1 N–H and O–H groups in total. The van der Waals surface area contributed by atoms with Crippen LogP contribution in [0.3, 0.4) is 0 Å². The lowest BCUT2D eigenvalue weighted by Gasteiger charge is -2.06. The fourth-order valence-electron chi connectivity index (χ4n) is 1.00. The number of carbonyl (C=O) groups is 1. The molecular weight excluding hydrogens is 232 g/mol. The molecule has 0 heterocycles. The average molecular weight is 241 g/mol. The highest BCUT2D eigenvalue weighted by Gasteiger charge is 2.05. The van der Waals surface area contributed by atoms with E-state index in [0.717, 1.165) is 0 Å². The van der Waals surface area contributed by atoms with E-state index in [4.69, 9.17) is 16.9 Å². The Hall–Kier alpha value is -1.18. The minimum atomic E-state index is -0.103. The third-order valence-corrected chi connectivity index (χ3v) is 2.51. The molecule has 1 rings (SSSR count). The largest absolute Gasteiger partial charge is 0.324 e. The first-order valence-electron chi connectivity index (χ1n) is 4.16. The van der Waals surface area contributed by atoms with Gasteiger partial charge < -0.3 is 5.32 Å². The molecular formula is C10H9ClN2OS. The monoisotopic (exact) mass is 240 g/mol. The maximum Gasteiger partial charge on any atom is 0.234 e. The molecule has 1 aromatic carbocycles. The van der Waals surface area contributed by atoms with Crippen LogP contribution in [0, 0.1) is 11.3 Å². The Bertz CT molecular complexity index is 414. The second-order valence-corrected chi connectivity index (χ2v) is 4.06. The van der Waals surface area contributed by atoms with Gasteiger partial charge in [-0.15, -0.1) is 0 Å². The summed E-state index contributed by atoms with van der Waals surface area (Å²) in [5.74, 6) is 0.283. The quantitative estimate of drug-likeness (QED) is 0.883. The summed E-state index contributed by atoms with van der Waals surface area (Å²) >= 11 is 7.31. The lowest BCUT2D eigenvalue weighted by atomic mass is 10.2. The maximum absolute atomic E-state index is 11.3. The molecule has 3 nitrogen and oxygen atoms in total. The lowest BCUT2D eigenvalue weighted by molar-refractivity contribution is -0.113. The number of nitriles is 1. The van der Waals surface area contributed by atoms with Crippen molar-refractivity contribution in [2.24, 2.45) is 0 Å². The van der Waals surface area contributed by atoms with Crippen LogP contribution >= 0.6 is 23.4 Å². The zero-order valence-corrected chi connectivity index (χ0v) is 9.65. The Balaban J connectivity index is 2.79. The first-order valence-corrected chi connectivity index (χ1v) is 5.93. The van der Waals surface area contributed by atoms with Crippen molar-refractivity contribution in [1.29, 1.82) is 5.26 Å². The molecule has 0 fully saturated rings. The number of hydrogen-bond acceptors (Lipinski definition) is 3. The van der Waals surface area contributed by atoms with E-state index in [1.54, 1.807) is 12.1 Å². The highest BCUT2D eigenvalue weighted by molar-refractivity contribution is 7.99. The molecule has 0 saturated carbocycles. The summed E-state index contributed by atoms with van der Waals surface area (Å²) in [5, 5.41) is 11.7. The van der Waals surface area contributed by atoms with Gasteiger partial charge in [0.15, 0.2) is 0 Å². The van der Waals surface area contributed by atoms with Crippen LogP contribution in [-0.2, 0) is 4.79 Å². The fraction of sp³-hybridized carbons (Fsp3) is 0.200. The lowest BCUT2D eigenvalue weighted by Crippen LogP contribution is -2.14. The summed E-state index contributed by atoms with van der Waals surface area (Å²) in [4.78, 5) is 11.3. The Kier molecular flexibility index (Phi) is 4.47. The van der Waals surface area contributed by atoms with E-state index in [-0.39, 0.29) is 5.91 Å². The van der Waals surface area contributed by atoms with Crippen LogP contribution in [0.4, 0.5) is 5.69 Å². The van der Waals surface area contributed by atoms with Crippen LogP contribution in [0.15, 0.2) is 18.2 Å². The van der Waals surface area contributed by atoms with Gasteiger partial charge in [-0.05, 0) is 24.5 Å². The van der Waals surface area contributed by atoms with Gasteiger partial charge in [0.2, 0.25) is 5.91 Å². The smallest absolute Gasteiger partial charge is 0.234 e. The summed E-state index contributed by atoms with van der Waals surface area (Å²) in [6.07, 6.45) is 1.85. The normalized spacial score (nSPS) is 9.40. The van der Waals surface area contributed by atoms with Crippen LogP contribution in [-0.4, -0.2) is 17.9 Å². The molecule has 15 heavy (non-hydrogen) atoms. The molecule has 0 atom stereocenters. The van der Waals surface area contributed by atoms with Crippen LogP contribution in [0.25, 0.3) is 0 Å². The topological polar surface area (TPSA) is 52.9 Å². The number of benzene rings is 1. The standard InChI is InChI=1S/C10H9ClN2OS/c1-15-6-10(14)13-9-3-2-7(5-12)4-8(9)11/h2-4H,6H2,1H3,(H,13,14). The second-order valence-electron chi connectivity index (χ2n) is 2.79. The molecule has 0 saturated heterocycles. The SMILES string of the molecule is CSCC(=O)Nc1ccc(C#N)cc1Cl. The van der Waals surface area contributed by atoms with Gasteiger partial charge in [-0.25, -0.2) is 0 Å². The van der Waals surface area contributed by atoms with E-state index in [0.29, 0.717) is 22.0 Å². The number of amides is 1. The molecule has 0 aliphatic carbocycles. The van der Waals surface area contributed by atoms with Crippen molar-refractivity contribution in [1.82, 2.24) is 0 Å². The van der Waals surface area contributed by atoms with Gasteiger partial charge in [0.1, 0.15) is 0 Å². The zero-order valence-electron chi connectivity index (χ0n) is 8.08. The third-order valence-electron chi connectivity index (χ3n) is 1.65. The number of anilines is 1. The number of halogens is 1. The van der Waals surface area contributed by atoms with Crippen molar-refractivity contribution in [3.05, 3.63) is 28.8 Å². The van der Waals surface area contributed by atoms with Gasteiger partial charge in [0, 0.05) is 0 Å². The van der Waals surface area contributed by atoms with E-state index in [1.165, 1.54) is 17.8 Å². The molecule has 0 bridgehead atoms. The maximum atomic E-state index is 11.3. The van der Waals surface area contributed by atoms with Crippen molar-refractivity contribution in [2.45, 2.75) is 0 Å². The predicted octanol–water partition coefficient (Wildman–Crippen LogP) is 2.51. The summed E-state index contributed by atoms with van der Waals surface area (Å²) in [6.45, 7) is 0. The highest BCUT2D eigenvalue weighted by Crippen LogP contribution is 2.22. The summed E-state index contributed by atoms with van der Waals surface area (Å²) in [6, 6.07) is 6.73. The Morgan fingerprint density at radius 1 is 1.67 bits per heavy atom. The van der Waals surface area contributed by atoms with Crippen molar-refractivity contribution < 1.29 is 4.79 Å². The molecule has 1 aromatic rings. The van der Waals surface area contributed by atoms with Crippen LogP contribution in [0.1, 0.15) is 5.56 Å². The first kappa shape index (κ1) is 11.9. The molecule has 0 aromatic heterocycles. The van der Waals surface area contributed by atoms with E-state index in [9.17, 15) is 4.79 Å². The van der Waals surface area contributed by atoms with Gasteiger partial charge in [0.05, 0.1) is 28.1 Å². The van der Waals surface area contributed by atoms with E-state index in [2.05, 4.69) is 5.32 Å². The van der Waals surface area contributed by atoms with Gasteiger partial charge >= 0.3 is 0 Å². The molecule has 78 valence electrons. The number of hydrogen-bond donors (Lipinski definition) is 1. The third kappa shape index (κ3) is 3.46. The van der Waals surface area contributed by atoms with Gasteiger partial charge in [-0.1, -0.05) is 11.6 Å². The van der Waals surface area contributed by atoms with E-state index < -0.39 is 0 Å². The summed E-state index contributed by atoms with van der Waals surface area (Å²) in [7, 11) is 0. The molecule has 5 heteroatoms. The first-order chi connectivity index (χ1) is 7.17. The molecule has 0 aliphatic rings. The van der Waals surface area contributed by atoms with Gasteiger partial charge in [-0.2, -0.15) is 17.0 Å². The minimum Gasteiger partial charge on any atom is -0.324 e. The number of nitrogens with zero attached hydrogens (tertiary/aromatic N) is 1. The molecule has 0 spiro atoms. The van der Waals surface area contributed by atoms with Crippen molar-refractivity contribution in [3.63, 3.8) is 0 Å². The minimum absolute atomic E-state index is 0.103. The molecule has 0 unspecified atom stereocenters. The number of nitrogens with one attached hydrogen (secondary N) is 1. The van der Waals surface area contributed by atoms with Crippen LogP contribution in [0.5, 0.6) is 0 Å². The molecule has 1 amide bonds. The molecule has 0 aliphatic heterocycles. The van der Waals surface area contributed by atoms with Crippen molar-refractivity contribution in [3.8, 4) is 6.07 Å². The number of carbonyl (C=O) groups excluding carboxylic acids is 1. The number of rotatable bonds is 3. The van der Waals surface area contributed by atoms with E-state index >= 15 is 0 Å². The predicted molar refractivity (Wildman–Crippen MR) is 63.2 cm³/mol. The number of thioether (sulfide) groups is 1. The zero-order chi connectivity index (χ0) is 11.3. The Labute approximate surface area is 97.4 Å². The Morgan fingerprint density at radius 2 is 2.40 bits per heavy atom.